The minimum atomic E-state index is 0.217. The predicted octanol–water partition coefficient (Wildman–Crippen LogP) is 3.20. The van der Waals surface area contributed by atoms with Gasteiger partial charge < -0.3 is 10.4 Å². The first-order chi connectivity index (χ1) is 7.27. The number of aliphatic hydroxyl groups excluding tert-OH is 1. The van der Waals surface area contributed by atoms with E-state index in [1.165, 1.54) is 12.8 Å². The highest BCUT2D eigenvalue weighted by molar-refractivity contribution is 4.82. The summed E-state index contributed by atoms with van der Waals surface area (Å²) in [5.74, 6) is 0.773. The van der Waals surface area contributed by atoms with Gasteiger partial charge in [0.15, 0.2) is 0 Å². The third kappa shape index (κ3) is 7.24. The van der Waals surface area contributed by atoms with Crippen LogP contribution < -0.4 is 5.32 Å². The van der Waals surface area contributed by atoms with Gasteiger partial charge in [-0.25, -0.2) is 0 Å². The molecule has 2 heteroatoms. The Labute approximate surface area is 102 Å². The Morgan fingerprint density at radius 2 is 1.56 bits per heavy atom. The second-order valence-corrected chi connectivity index (χ2v) is 6.47. The number of aliphatic hydroxyl groups is 1. The topological polar surface area (TPSA) is 32.3 Å². The van der Waals surface area contributed by atoms with Crippen molar-refractivity contribution in [1.82, 2.24) is 5.32 Å². The molecular formula is C14H31NO. The van der Waals surface area contributed by atoms with Crippen molar-refractivity contribution >= 4 is 0 Å². The number of nitrogens with one attached hydrogen (secondary N) is 1. The Hall–Kier alpha value is -0.0800. The van der Waals surface area contributed by atoms with Crippen LogP contribution in [-0.4, -0.2) is 23.8 Å². The second-order valence-electron chi connectivity index (χ2n) is 6.47. The lowest BCUT2D eigenvalue weighted by Crippen LogP contribution is -2.45. The lowest BCUT2D eigenvalue weighted by molar-refractivity contribution is 0.184. The van der Waals surface area contributed by atoms with Gasteiger partial charge in [0.05, 0.1) is 0 Å². The van der Waals surface area contributed by atoms with E-state index in [9.17, 15) is 0 Å². The maximum Gasteiger partial charge on any atom is 0.0446 e. The van der Waals surface area contributed by atoms with Crippen LogP contribution in [0.4, 0.5) is 0 Å². The van der Waals surface area contributed by atoms with Gasteiger partial charge in [0.25, 0.3) is 0 Å². The summed E-state index contributed by atoms with van der Waals surface area (Å²) in [6, 6.07) is 0.942. The third-order valence-corrected chi connectivity index (χ3v) is 3.13. The van der Waals surface area contributed by atoms with Gasteiger partial charge in [-0.2, -0.15) is 0 Å². The normalized spacial score (nSPS) is 16.5. The van der Waals surface area contributed by atoms with Crippen molar-refractivity contribution in [2.75, 3.05) is 6.61 Å². The van der Waals surface area contributed by atoms with Gasteiger partial charge in [0.2, 0.25) is 0 Å². The van der Waals surface area contributed by atoms with E-state index in [4.69, 9.17) is 5.11 Å². The van der Waals surface area contributed by atoms with E-state index < -0.39 is 0 Å². The molecule has 2 nitrogen and oxygen atoms in total. The van der Waals surface area contributed by atoms with Crippen molar-refractivity contribution in [2.45, 2.75) is 72.9 Å². The molecule has 0 rings (SSSR count). The highest BCUT2D eigenvalue weighted by Gasteiger charge is 2.24. The van der Waals surface area contributed by atoms with Crippen molar-refractivity contribution in [3.63, 3.8) is 0 Å². The van der Waals surface area contributed by atoms with E-state index in [0.717, 1.165) is 12.3 Å². The average molecular weight is 229 g/mol. The van der Waals surface area contributed by atoms with Gasteiger partial charge in [-0.15, -0.1) is 0 Å². The smallest absolute Gasteiger partial charge is 0.0446 e. The molecule has 0 aromatic rings. The number of rotatable bonds is 7. The first-order valence-corrected chi connectivity index (χ1v) is 6.64. The van der Waals surface area contributed by atoms with Crippen molar-refractivity contribution in [3.8, 4) is 0 Å². The predicted molar refractivity (Wildman–Crippen MR) is 71.6 cm³/mol. The SMILES string of the molecule is CC(C)CCC(C)NC(CCO)C(C)(C)C. The van der Waals surface area contributed by atoms with Gasteiger partial charge in [0.1, 0.15) is 0 Å². The summed E-state index contributed by atoms with van der Waals surface area (Å²) < 4.78 is 0. The molecule has 0 saturated carbocycles. The zero-order valence-corrected chi connectivity index (χ0v) is 12.0. The lowest BCUT2D eigenvalue weighted by atomic mass is 9.84. The molecule has 0 amide bonds. The second kappa shape index (κ2) is 7.29. The van der Waals surface area contributed by atoms with Crippen LogP contribution >= 0.6 is 0 Å². The molecule has 2 N–H and O–H groups in total. The van der Waals surface area contributed by atoms with E-state index >= 15 is 0 Å². The first-order valence-electron chi connectivity index (χ1n) is 6.64. The summed E-state index contributed by atoms with van der Waals surface area (Å²) in [6.45, 7) is 13.7. The monoisotopic (exact) mass is 229 g/mol. The molecule has 0 aromatic heterocycles. The minimum absolute atomic E-state index is 0.217. The van der Waals surface area contributed by atoms with Crippen LogP contribution in [0.15, 0.2) is 0 Å². The quantitative estimate of drug-likeness (QED) is 0.702. The Morgan fingerprint density at radius 1 is 1.00 bits per heavy atom. The van der Waals surface area contributed by atoms with Gasteiger partial charge in [0, 0.05) is 18.7 Å². The van der Waals surface area contributed by atoms with E-state index in [-0.39, 0.29) is 12.0 Å². The van der Waals surface area contributed by atoms with Crippen LogP contribution in [0.2, 0.25) is 0 Å². The Balaban J connectivity index is 4.08. The fourth-order valence-electron chi connectivity index (χ4n) is 1.91. The molecule has 0 radical (unpaired) electrons. The van der Waals surface area contributed by atoms with Crippen LogP contribution in [-0.2, 0) is 0 Å². The number of hydrogen-bond acceptors (Lipinski definition) is 2. The standard InChI is InChI=1S/C14H31NO/c1-11(2)7-8-12(3)15-13(9-10-16)14(4,5)6/h11-13,15-16H,7-10H2,1-6H3. The molecule has 2 unspecified atom stereocenters. The summed E-state index contributed by atoms with van der Waals surface area (Å²) >= 11 is 0. The molecule has 98 valence electrons. The van der Waals surface area contributed by atoms with Gasteiger partial charge >= 0.3 is 0 Å². The molecule has 0 aliphatic rings. The van der Waals surface area contributed by atoms with E-state index in [0.29, 0.717) is 12.1 Å². The van der Waals surface area contributed by atoms with Crippen molar-refractivity contribution in [2.24, 2.45) is 11.3 Å². The summed E-state index contributed by atoms with van der Waals surface area (Å²) in [5.41, 5.74) is 0.217. The van der Waals surface area contributed by atoms with Crippen LogP contribution in [0, 0.1) is 11.3 Å². The Bertz CT molecular complexity index is 172. The minimum Gasteiger partial charge on any atom is -0.396 e. The Morgan fingerprint density at radius 3 is 1.94 bits per heavy atom. The van der Waals surface area contributed by atoms with E-state index in [1.807, 2.05) is 0 Å². The fraction of sp³-hybridized carbons (Fsp3) is 1.00. The zero-order valence-electron chi connectivity index (χ0n) is 12.0. The molecule has 0 aliphatic carbocycles. The summed E-state index contributed by atoms with van der Waals surface area (Å²) in [6.07, 6.45) is 3.33. The highest BCUT2D eigenvalue weighted by Crippen LogP contribution is 2.22. The van der Waals surface area contributed by atoms with Gasteiger partial charge in [-0.1, -0.05) is 34.6 Å². The average Bonchev–Trinajstić information content (AvgIpc) is 2.12. The maximum absolute atomic E-state index is 9.09. The van der Waals surface area contributed by atoms with Crippen molar-refractivity contribution in [1.29, 1.82) is 0 Å². The zero-order chi connectivity index (χ0) is 12.8. The molecule has 0 fully saturated rings. The third-order valence-electron chi connectivity index (χ3n) is 3.13. The van der Waals surface area contributed by atoms with Gasteiger partial charge in [-0.3, -0.25) is 0 Å². The molecule has 0 aromatic carbocycles. The first kappa shape index (κ1) is 15.9. The van der Waals surface area contributed by atoms with Crippen LogP contribution in [0.25, 0.3) is 0 Å². The molecule has 0 bridgehead atoms. The van der Waals surface area contributed by atoms with Crippen molar-refractivity contribution in [3.05, 3.63) is 0 Å². The largest absolute Gasteiger partial charge is 0.396 e. The molecule has 16 heavy (non-hydrogen) atoms. The summed E-state index contributed by atoms with van der Waals surface area (Å²) in [5, 5.41) is 12.7. The molecule has 0 heterocycles. The highest BCUT2D eigenvalue weighted by atomic mass is 16.3. The van der Waals surface area contributed by atoms with E-state index in [2.05, 4.69) is 46.9 Å². The number of hydrogen-bond donors (Lipinski definition) is 2. The molecule has 2 atom stereocenters. The van der Waals surface area contributed by atoms with Crippen LogP contribution in [0.5, 0.6) is 0 Å². The molecule has 0 spiro atoms. The molecule has 0 aliphatic heterocycles. The fourth-order valence-corrected chi connectivity index (χ4v) is 1.91. The summed E-state index contributed by atoms with van der Waals surface area (Å²) in [4.78, 5) is 0. The van der Waals surface area contributed by atoms with E-state index in [1.54, 1.807) is 0 Å². The van der Waals surface area contributed by atoms with Crippen molar-refractivity contribution < 1.29 is 5.11 Å². The maximum atomic E-state index is 9.09. The van der Waals surface area contributed by atoms with Crippen LogP contribution in [0.1, 0.15) is 60.8 Å². The van der Waals surface area contributed by atoms with Crippen LogP contribution in [0.3, 0.4) is 0 Å². The molecular weight excluding hydrogens is 198 g/mol. The molecule has 0 saturated heterocycles. The lowest BCUT2D eigenvalue weighted by Gasteiger charge is -2.34. The van der Waals surface area contributed by atoms with Gasteiger partial charge in [-0.05, 0) is 37.5 Å². The Kier molecular flexibility index (Phi) is 7.25. The summed E-state index contributed by atoms with van der Waals surface area (Å²) in [7, 11) is 0.